The Morgan fingerprint density at radius 1 is 1.11 bits per heavy atom. The molecule has 7 nitrogen and oxygen atoms in total. The molecule has 7 heteroatoms. The summed E-state index contributed by atoms with van der Waals surface area (Å²) in [5.41, 5.74) is 1.69. The molecular weight excluding hydrogens is 358 g/mol. The van der Waals surface area contributed by atoms with Gasteiger partial charge in [0, 0.05) is 12.2 Å². The van der Waals surface area contributed by atoms with E-state index in [2.05, 4.69) is 10.6 Å². The molecular formula is C21H21N3O4. The van der Waals surface area contributed by atoms with Gasteiger partial charge in [-0.3, -0.25) is 14.5 Å². The van der Waals surface area contributed by atoms with Gasteiger partial charge in [-0.2, -0.15) is 0 Å². The van der Waals surface area contributed by atoms with Gasteiger partial charge in [0.15, 0.2) is 6.61 Å². The van der Waals surface area contributed by atoms with E-state index in [-0.39, 0.29) is 24.1 Å². The Hall–Kier alpha value is -3.61. The van der Waals surface area contributed by atoms with Gasteiger partial charge >= 0.3 is 6.03 Å². The minimum absolute atomic E-state index is 0.115. The van der Waals surface area contributed by atoms with E-state index in [0.29, 0.717) is 24.4 Å². The van der Waals surface area contributed by atoms with Crippen molar-refractivity contribution in [2.24, 2.45) is 0 Å². The smallest absolute Gasteiger partial charge is 0.329 e. The highest BCUT2D eigenvalue weighted by atomic mass is 16.5. The van der Waals surface area contributed by atoms with E-state index in [1.165, 1.54) is 4.90 Å². The molecule has 0 atom stereocenters. The minimum atomic E-state index is -0.400. The van der Waals surface area contributed by atoms with Gasteiger partial charge in [-0.25, -0.2) is 4.79 Å². The number of anilines is 1. The first-order chi connectivity index (χ1) is 13.6. The minimum Gasteiger partial charge on any atom is -0.484 e. The standard InChI is InChI=1S/C21H21N3O4/c1-2-12-24-20(26)18(23-21(24)27)13-15-8-10-17(11-9-15)28-14-19(25)22-16-6-4-3-5-7-16/h3-11,13H,2,12,14H2,1H3,(H,22,25)(H,23,27)/b18-13+. The first kappa shape index (κ1) is 19.2. The fourth-order valence-corrected chi connectivity index (χ4v) is 2.69. The van der Waals surface area contributed by atoms with Gasteiger partial charge in [0.05, 0.1) is 0 Å². The summed E-state index contributed by atoms with van der Waals surface area (Å²) in [7, 11) is 0. The normalized spacial score (nSPS) is 14.9. The van der Waals surface area contributed by atoms with Crippen LogP contribution in [0.1, 0.15) is 18.9 Å². The molecule has 1 aliphatic rings. The second-order valence-electron chi connectivity index (χ2n) is 6.22. The van der Waals surface area contributed by atoms with Crippen LogP contribution in [0.5, 0.6) is 5.75 Å². The van der Waals surface area contributed by atoms with Crippen molar-refractivity contribution in [2.45, 2.75) is 13.3 Å². The summed E-state index contributed by atoms with van der Waals surface area (Å²) < 4.78 is 5.47. The van der Waals surface area contributed by atoms with Gasteiger partial charge < -0.3 is 15.4 Å². The maximum atomic E-state index is 12.2. The highest BCUT2D eigenvalue weighted by Crippen LogP contribution is 2.17. The topological polar surface area (TPSA) is 87.7 Å². The first-order valence-electron chi connectivity index (χ1n) is 8.99. The number of nitrogens with one attached hydrogen (secondary N) is 2. The molecule has 0 bridgehead atoms. The number of carbonyl (C=O) groups excluding carboxylic acids is 3. The second-order valence-corrected chi connectivity index (χ2v) is 6.22. The molecule has 0 spiro atoms. The third kappa shape index (κ3) is 4.76. The Morgan fingerprint density at radius 3 is 2.50 bits per heavy atom. The van der Waals surface area contributed by atoms with E-state index in [1.54, 1.807) is 42.5 Å². The number of urea groups is 1. The lowest BCUT2D eigenvalue weighted by Gasteiger charge is -2.08. The Balaban J connectivity index is 1.56. The van der Waals surface area contributed by atoms with Crippen LogP contribution in [0.15, 0.2) is 60.3 Å². The lowest BCUT2D eigenvalue weighted by Crippen LogP contribution is -2.31. The summed E-state index contributed by atoms with van der Waals surface area (Å²) in [6, 6.07) is 15.6. The second kappa shape index (κ2) is 8.85. The van der Waals surface area contributed by atoms with Gasteiger partial charge in [-0.1, -0.05) is 37.3 Å². The van der Waals surface area contributed by atoms with Gasteiger partial charge in [0.2, 0.25) is 0 Å². The number of amides is 4. The number of rotatable bonds is 7. The molecule has 2 aromatic rings. The Labute approximate surface area is 163 Å². The van der Waals surface area contributed by atoms with Crippen molar-refractivity contribution < 1.29 is 19.1 Å². The summed E-state index contributed by atoms with van der Waals surface area (Å²) in [6.45, 7) is 2.18. The SMILES string of the molecule is CCCN1C(=O)N/C(=C/c2ccc(OCC(=O)Nc3ccccc3)cc2)C1=O. The van der Waals surface area contributed by atoms with Gasteiger partial charge in [-0.15, -0.1) is 0 Å². The first-order valence-corrected chi connectivity index (χ1v) is 8.99. The van der Waals surface area contributed by atoms with E-state index in [0.717, 1.165) is 5.56 Å². The van der Waals surface area contributed by atoms with Crippen LogP contribution in [-0.2, 0) is 9.59 Å². The summed E-state index contributed by atoms with van der Waals surface area (Å²) in [4.78, 5) is 37.1. The predicted molar refractivity (Wildman–Crippen MR) is 106 cm³/mol. The van der Waals surface area contributed by atoms with Gasteiger partial charge in [0.25, 0.3) is 11.8 Å². The maximum absolute atomic E-state index is 12.2. The summed E-state index contributed by atoms with van der Waals surface area (Å²) in [5.74, 6) is -0.0582. The Bertz CT molecular complexity index is 892. The number of hydrogen-bond acceptors (Lipinski definition) is 4. The molecule has 1 fully saturated rings. The number of para-hydroxylation sites is 1. The molecule has 2 N–H and O–H groups in total. The molecule has 1 saturated heterocycles. The molecule has 0 aromatic heterocycles. The van der Waals surface area contributed by atoms with E-state index in [4.69, 9.17) is 4.74 Å². The van der Waals surface area contributed by atoms with Crippen molar-refractivity contribution >= 4 is 29.6 Å². The molecule has 2 aromatic carbocycles. The molecule has 0 saturated carbocycles. The van der Waals surface area contributed by atoms with E-state index in [9.17, 15) is 14.4 Å². The zero-order chi connectivity index (χ0) is 19.9. The molecule has 0 unspecified atom stereocenters. The Kier molecular flexibility index (Phi) is 6.06. The predicted octanol–water partition coefficient (Wildman–Crippen LogP) is 3.01. The van der Waals surface area contributed by atoms with Crippen molar-refractivity contribution in [1.29, 1.82) is 0 Å². The van der Waals surface area contributed by atoms with E-state index in [1.807, 2.05) is 25.1 Å². The van der Waals surface area contributed by atoms with Crippen LogP contribution in [0.2, 0.25) is 0 Å². The fraction of sp³-hybridized carbons (Fsp3) is 0.190. The monoisotopic (exact) mass is 379 g/mol. The van der Waals surface area contributed by atoms with Crippen molar-refractivity contribution in [1.82, 2.24) is 10.2 Å². The fourth-order valence-electron chi connectivity index (χ4n) is 2.69. The zero-order valence-electron chi connectivity index (χ0n) is 15.5. The molecule has 4 amide bonds. The lowest BCUT2D eigenvalue weighted by molar-refractivity contribution is -0.123. The number of ether oxygens (including phenoxy) is 1. The van der Waals surface area contributed by atoms with Crippen LogP contribution in [0.4, 0.5) is 10.5 Å². The average molecular weight is 379 g/mol. The summed E-state index contributed by atoms with van der Waals surface area (Å²) in [6.07, 6.45) is 2.32. The highest BCUT2D eigenvalue weighted by Gasteiger charge is 2.32. The maximum Gasteiger partial charge on any atom is 0.329 e. The third-order valence-electron chi connectivity index (χ3n) is 4.03. The van der Waals surface area contributed by atoms with Gasteiger partial charge in [0.1, 0.15) is 11.4 Å². The number of carbonyl (C=O) groups is 3. The molecule has 3 rings (SSSR count). The number of benzene rings is 2. The van der Waals surface area contributed by atoms with Crippen LogP contribution in [0.3, 0.4) is 0 Å². The van der Waals surface area contributed by atoms with Crippen LogP contribution >= 0.6 is 0 Å². The third-order valence-corrected chi connectivity index (χ3v) is 4.03. The summed E-state index contributed by atoms with van der Waals surface area (Å²) >= 11 is 0. The molecule has 1 aliphatic heterocycles. The van der Waals surface area contributed by atoms with Crippen molar-refractivity contribution in [2.75, 3.05) is 18.5 Å². The zero-order valence-corrected chi connectivity index (χ0v) is 15.5. The van der Waals surface area contributed by atoms with E-state index < -0.39 is 6.03 Å². The number of nitrogens with zero attached hydrogens (tertiary/aromatic N) is 1. The largest absolute Gasteiger partial charge is 0.484 e. The molecule has 1 heterocycles. The van der Waals surface area contributed by atoms with Crippen LogP contribution < -0.4 is 15.4 Å². The number of hydrogen-bond donors (Lipinski definition) is 2. The van der Waals surface area contributed by atoms with Crippen LogP contribution in [0, 0.1) is 0 Å². The highest BCUT2D eigenvalue weighted by molar-refractivity contribution is 6.13. The van der Waals surface area contributed by atoms with Crippen molar-refractivity contribution in [3.63, 3.8) is 0 Å². The van der Waals surface area contributed by atoms with Gasteiger partial charge in [-0.05, 0) is 42.3 Å². The van der Waals surface area contributed by atoms with Crippen molar-refractivity contribution in [3.05, 3.63) is 65.9 Å². The van der Waals surface area contributed by atoms with Crippen LogP contribution in [0.25, 0.3) is 6.08 Å². The molecule has 0 aliphatic carbocycles. The Morgan fingerprint density at radius 2 is 1.82 bits per heavy atom. The molecule has 28 heavy (non-hydrogen) atoms. The lowest BCUT2D eigenvalue weighted by atomic mass is 10.2. The van der Waals surface area contributed by atoms with Crippen LogP contribution in [-0.4, -0.2) is 35.9 Å². The molecule has 144 valence electrons. The van der Waals surface area contributed by atoms with E-state index >= 15 is 0 Å². The number of imide groups is 1. The molecule has 0 radical (unpaired) electrons. The quantitative estimate of drug-likeness (QED) is 0.572. The summed E-state index contributed by atoms with van der Waals surface area (Å²) in [5, 5.41) is 5.32. The average Bonchev–Trinajstić information content (AvgIpc) is 2.96. The van der Waals surface area contributed by atoms with Crippen molar-refractivity contribution in [3.8, 4) is 5.75 Å².